The van der Waals surface area contributed by atoms with E-state index in [0.717, 1.165) is 11.1 Å². The van der Waals surface area contributed by atoms with Crippen LogP contribution in [0.15, 0.2) is 52.1 Å². The summed E-state index contributed by atoms with van der Waals surface area (Å²) in [5.74, 6) is 0.777. The summed E-state index contributed by atoms with van der Waals surface area (Å²) in [7, 11) is 1.54. The van der Waals surface area contributed by atoms with Gasteiger partial charge in [-0.05, 0) is 44.2 Å². The number of hydrogen-bond donors (Lipinski definition) is 1. The lowest BCUT2D eigenvalue weighted by Crippen LogP contribution is -2.22. The molecule has 3 rings (SSSR count). The molecule has 1 heterocycles. The second kappa shape index (κ2) is 8.45. The number of methoxy groups -OCH3 is 1. The van der Waals surface area contributed by atoms with Crippen molar-refractivity contribution in [3.05, 3.63) is 53.1 Å². The summed E-state index contributed by atoms with van der Waals surface area (Å²) < 4.78 is 10.8. The monoisotopic (exact) mass is 403 g/mol. The molecule has 8 heteroatoms. The number of carbonyl (C=O) groups is 1. The van der Waals surface area contributed by atoms with E-state index in [4.69, 9.17) is 20.8 Å². The average molecular weight is 404 g/mol. The van der Waals surface area contributed by atoms with Crippen LogP contribution in [0.2, 0.25) is 5.02 Å². The van der Waals surface area contributed by atoms with Crippen LogP contribution < -0.4 is 10.1 Å². The Labute approximate surface area is 166 Å². The molecule has 0 spiro atoms. The molecule has 1 aromatic heterocycles. The van der Waals surface area contributed by atoms with Crippen molar-refractivity contribution in [2.24, 2.45) is 0 Å². The first-order valence-corrected chi connectivity index (χ1v) is 9.43. The van der Waals surface area contributed by atoms with Gasteiger partial charge in [-0.25, -0.2) is 0 Å². The topological polar surface area (TPSA) is 77.2 Å². The Bertz CT molecular complexity index is 961. The summed E-state index contributed by atoms with van der Waals surface area (Å²) in [6, 6.07) is 12.8. The summed E-state index contributed by atoms with van der Waals surface area (Å²) in [5, 5.41) is 11.2. The molecule has 0 unspecified atom stereocenters. The van der Waals surface area contributed by atoms with Gasteiger partial charge in [0.05, 0.1) is 17.4 Å². The van der Waals surface area contributed by atoms with E-state index in [2.05, 4.69) is 15.5 Å². The van der Waals surface area contributed by atoms with Crippen LogP contribution in [-0.4, -0.2) is 28.5 Å². The number of amides is 1. The van der Waals surface area contributed by atoms with Crippen molar-refractivity contribution in [2.75, 3.05) is 12.4 Å². The summed E-state index contributed by atoms with van der Waals surface area (Å²) in [6.45, 7) is 3.76. The van der Waals surface area contributed by atoms with Crippen LogP contribution in [0.5, 0.6) is 5.75 Å². The van der Waals surface area contributed by atoms with E-state index >= 15 is 0 Å². The van der Waals surface area contributed by atoms with E-state index in [1.165, 1.54) is 18.9 Å². The van der Waals surface area contributed by atoms with Gasteiger partial charge in [-0.15, -0.1) is 10.2 Å². The smallest absolute Gasteiger partial charge is 0.277 e. The predicted octanol–water partition coefficient (Wildman–Crippen LogP) is 4.83. The summed E-state index contributed by atoms with van der Waals surface area (Å²) in [4.78, 5) is 12.4. The first-order valence-electron chi connectivity index (χ1n) is 8.18. The molecule has 6 nitrogen and oxygen atoms in total. The third-order valence-corrected chi connectivity index (χ3v) is 4.97. The Morgan fingerprint density at radius 1 is 1.26 bits per heavy atom. The number of aryl methyl sites for hydroxylation is 1. The standard InChI is InChI=1S/C19H18ClN3O3S/c1-11-5-4-6-13(9-11)18-22-23-19(26-18)27-12(2)17(24)21-14-7-8-16(25-3)15(20)10-14/h4-10,12H,1-3H3,(H,21,24)/t12-/m0/s1. The highest BCUT2D eigenvalue weighted by atomic mass is 35.5. The van der Waals surface area contributed by atoms with Crippen molar-refractivity contribution in [1.29, 1.82) is 0 Å². The quantitative estimate of drug-likeness (QED) is 0.594. The van der Waals surface area contributed by atoms with Gasteiger partial charge >= 0.3 is 0 Å². The molecule has 0 saturated heterocycles. The van der Waals surface area contributed by atoms with Gasteiger partial charge in [-0.1, -0.05) is 41.1 Å². The van der Waals surface area contributed by atoms with E-state index in [9.17, 15) is 4.79 Å². The van der Waals surface area contributed by atoms with Crippen molar-refractivity contribution in [1.82, 2.24) is 10.2 Å². The number of benzene rings is 2. The molecular weight excluding hydrogens is 386 g/mol. The number of hydrogen-bond acceptors (Lipinski definition) is 6. The van der Waals surface area contributed by atoms with E-state index in [-0.39, 0.29) is 5.91 Å². The van der Waals surface area contributed by atoms with Gasteiger partial charge in [0.25, 0.3) is 5.22 Å². The fraction of sp³-hybridized carbons (Fsp3) is 0.211. The first-order chi connectivity index (χ1) is 13.0. The number of anilines is 1. The van der Waals surface area contributed by atoms with Crippen LogP contribution in [0.3, 0.4) is 0 Å². The van der Waals surface area contributed by atoms with Gasteiger partial charge in [-0.2, -0.15) is 0 Å². The van der Waals surface area contributed by atoms with Crippen molar-refractivity contribution in [3.8, 4) is 17.2 Å². The van der Waals surface area contributed by atoms with Gasteiger partial charge < -0.3 is 14.5 Å². The highest BCUT2D eigenvalue weighted by Crippen LogP contribution is 2.29. The normalized spacial score (nSPS) is 11.9. The molecule has 27 heavy (non-hydrogen) atoms. The number of rotatable bonds is 6. The molecule has 3 aromatic rings. The van der Waals surface area contributed by atoms with Crippen molar-refractivity contribution < 1.29 is 13.9 Å². The van der Waals surface area contributed by atoms with E-state index in [1.54, 1.807) is 25.1 Å². The van der Waals surface area contributed by atoms with Crippen LogP contribution in [-0.2, 0) is 4.79 Å². The summed E-state index contributed by atoms with van der Waals surface area (Å²) >= 11 is 7.27. The van der Waals surface area contributed by atoms with E-state index < -0.39 is 5.25 Å². The first kappa shape index (κ1) is 19.3. The van der Waals surface area contributed by atoms with Crippen LogP contribution in [0, 0.1) is 6.92 Å². The average Bonchev–Trinajstić information content (AvgIpc) is 3.10. The Hall–Kier alpha value is -2.51. The Balaban J connectivity index is 1.64. The van der Waals surface area contributed by atoms with Crippen molar-refractivity contribution >= 4 is 35.0 Å². The van der Waals surface area contributed by atoms with Gasteiger partial charge in [0.1, 0.15) is 5.75 Å². The largest absolute Gasteiger partial charge is 0.495 e. The number of carbonyl (C=O) groups excluding carboxylic acids is 1. The number of nitrogens with one attached hydrogen (secondary N) is 1. The second-order valence-electron chi connectivity index (χ2n) is 5.84. The SMILES string of the molecule is COc1ccc(NC(=O)[C@H](C)Sc2nnc(-c3cccc(C)c3)o2)cc1Cl. The van der Waals surface area contributed by atoms with E-state index in [0.29, 0.717) is 27.6 Å². The number of ether oxygens (including phenoxy) is 1. The van der Waals surface area contributed by atoms with Crippen LogP contribution in [0.4, 0.5) is 5.69 Å². The number of aromatic nitrogens is 2. The van der Waals surface area contributed by atoms with Crippen LogP contribution in [0.1, 0.15) is 12.5 Å². The molecule has 0 aliphatic rings. The molecule has 0 fully saturated rings. The molecular formula is C19H18ClN3O3S. The third-order valence-electron chi connectivity index (χ3n) is 3.74. The minimum atomic E-state index is -0.434. The van der Waals surface area contributed by atoms with Crippen LogP contribution in [0.25, 0.3) is 11.5 Å². The maximum Gasteiger partial charge on any atom is 0.277 e. The van der Waals surface area contributed by atoms with Crippen molar-refractivity contribution in [2.45, 2.75) is 24.3 Å². The fourth-order valence-corrected chi connectivity index (χ4v) is 3.29. The zero-order chi connectivity index (χ0) is 19.4. The third kappa shape index (κ3) is 4.81. The Kier molecular flexibility index (Phi) is 6.03. The summed E-state index contributed by atoms with van der Waals surface area (Å²) in [6.07, 6.45) is 0. The van der Waals surface area contributed by atoms with Crippen molar-refractivity contribution in [3.63, 3.8) is 0 Å². The maximum absolute atomic E-state index is 12.4. The molecule has 0 aliphatic heterocycles. The molecule has 0 radical (unpaired) electrons. The molecule has 0 aliphatic carbocycles. The lowest BCUT2D eigenvalue weighted by Gasteiger charge is -2.11. The zero-order valence-corrected chi connectivity index (χ0v) is 16.6. The molecule has 2 aromatic carbocycles. The Morgan fingerprint density at radius 2 is 2.07 bits per heavy atom. The molecule has 1 atom stereocenters. The maximum atomic E-state index is 12.4. The molecule has 1 N–H and O–H groups in total. The second-order valence-corrected chi connectivity index (χ2v) is 7.54. The summed E-state index contributed by atoms with van der Waals surface area (Å²) in [5.41, 5.74) is 2.54. The highest BCUT2D eigenvalue weighted by Gasteiger charge is 2.19. The number of nitrogens with zero attached hydrogens (tertiary/aromatic N) is 2. The number of thioether (sulfide) groups is 1. The van der Waals surface area contributed by atoms with Gasteiger partial charge in [0.2, 0.25) is 11.8 Å². The fourth-order valence-electron chi connectivity index (χ4n) is 2.34. The molecule has 1 amide bonds. The van der Waals surface area contributed by atoms with Gasteiger partial charge in [0.15, 0.2) is 0 Å². The minimum Gasteiger partial charge on any atom is -0.495 e. The molecule has 0 bridgehead atoms. The van der Waals surface area contributed by atoms with E-state index in [1.807, 2.05) is 31.2 Å². The minimum absolute atomic E-state index is 0.198. The zero-order valence-electron chi connectivity index (χ0n) is 15.0. The van der Waals surface area contributed by atoms with Gasteiger partial charge in [-0.3, -0.25) is 4.79 Å². The number of halogens is 1. The van der Waals surface area contributed by atoms with Gasteiger partial charge in [0, 0.05) is 11.3 Å². The predicted molar refractivity (Wildman–Crippen MR) is 106 cm³/mol. The lowest BCUT2D eigenvalue weighted by atomic mass is 10.1. The highest BCUT2D eigenvalue weighted by molar-refractivity contribution is 8.00. The lowest BCUT2D eigenvalue weighted by molar-refractivity contribution is -0.115. The molecule has 140 valence electrons. The Morgan fingerprint density at radius 3 is 2.78 bits per heavy atom. The van der Waals surface area contributed by atoms with Crippen LogP contribution >= 0.6 is 23.4 Å². The molecule has 0 saturated carbocycles.